The summed E-state index contributed by atoms with van der Waals surface area (Å²) in [5.41, 5.74) is 1.17. The molecule has 0 radical (unpaired) electrons. The van der Waals surface area contributed by atoms with E-state index in [1.807, 2.05) is 6.07 Å². The Hall–Kier alpha value is -2.55. The summed E-state index contributed by atoms with van der Waals surface area (Å²) in [6.45, 7) is 4.12. The number of fused-ring (bicyclic) bond motifs is 1. The first-order valence-electron chi connectivity index (χ1n) is 9.99. The van der Waals surface area contributed by atoms with Crippen LogP contribution in [0.15, 0.2) is 52.4 Å². The van der Waals surface area contributed by atoms with Crippen molar-refractivity contribution in [3.05, 3.63) is 68.4 Å². The van der Waals surface area contributed by atoms with Crippen molar-refractivity contribution in [1.82, 2.24) is 20.2 Å². The molecule has 7 nitrogen and oxygen atoms in total. The summed E-state index contributed by atoms with van der Waals surface area (Å²) >= 11 is 13.4. The number of carbonyl (C=O) groups excluding carboxylic acids is 2. The predicted octanol–water partition coefficient (Wildman–Crippen LogP) is 4.27. The molecule has 0 saturated heterocycles. The van der Waals surface area contributed by atoms with Gasteiger partial charge < -0.3 is 5.32 Å². The Bertz CT molecular complexity index is 1220. The van der Waals surface area contributed by atoms with Crippen molar-refractivity contribution in [3.63, 3.8) is 0 Å². The molecule has 10 heteroatoms. The van der Waals surface area contributed by atoms with Gasteiger partial charge in [0.1, 0.15) is 0 Å². The molecule has 0 aliphatic rings. The van der Waals surface area contributed by atoms with Gasteiger partial charge in [0.15, 0.2) is 5.16 Å². The Morgan fingerprint density at radius 3 is 2.66 bits per heavy atom. The van der Waals surface area contributed by atoms with Crippen LogP contribution in [0.4, 0.5) is 4.79 Å². The number of hydrogen-bond donors (Lipinski definition) is 2. The van der Waals surface area contributed by atoms with Gasteiger partial charge in [-0.1, -0.05) is 53.2 Å². The maximum atomic E-state index is 13.2. The lowest BCUT2D eigenvalue weighted by molar-refractivity contribution is -0.119. The maximum Gasteiger partial charge on any atom is 0.321 e. The van der Waals surface area contributed by atoms with Crippen molar-refractivity contribution in [3.8, 4) is 0 Å². The monoisotopic (exact) mass is 492 g/mol. The first-order valence-corrected chi connectivity index (χ1v) is 11.6. The van der Waals surface area contributed by atoms with Crippen LogP contribution in [0, 0.1) is 0 Å². The van der Waals surface area contributed by atoms with Crippen molar-refractivity contribution >= 4 is 57.8 Å². The number of aromatic nitrogens is 2. The lowest BCUT2D eigenvalue weighted by Crippen LogP contribution is -2.42. The molecule has 3 rings (SSSR count). The van der Waals surface area contributed by atoms with E-state index in [1.54, 1.807) is 50.2 Å². The lowest BCUT2D eigenvalue weighted by atomic mass is 10.1. The Morgan fingerprint density at radius 2 is 1.94 bits per heavy atom. The van der Waals surface area contributed by atoms with Crippen LogP contribution in [0.5, 0.6) is 0 Å². The van der Waals surface area contributed by atoms with E-state index in [1.165, 1.54) is 4.57 Å². The van der Waals surface area contributed by atoms with Crippen LogP contribution in [-0.2, 0) is 17.8 Å². The number of nitrogens with zero attached hydrogens (tertiary/aromatic N) is 2. The SMILES string of the molecule is CCNC(=O)NC(=O)C(C)Sc1nc2ccccc2c(=O)n1CCc1ccc(Cl)cc1Cl. The highest BCUT2D eigenvalue weighted by Crippen LogP contribution is 2.25. The second-order valence-corrected chi connectivity index (χ2v) is 9.11. The molecule has 2 N–H and O–H groups in total. The molecule has 1 aromatic heterocycles. The van der Waals surface area contributed by atoms with Gasteiger partial charge >= 0.3 is 6.03 Å². The van der Waals surface area contributed by atoms with Crippen LogP contribution in [-0.4, -0.2) is 33.3 Å². The molecule has 0 saturated carbocycles. The molecule has 0 aliphatic carbocycles. The fourth-order valence-electron chi connectivity index (χ4n) is 3.02. The quantitative estimate of drug-likeness (QED) is 0.379. The minimum Gasteiger partial charge on any atom is -0.338 e. The standard InChI is InChI=1S/C22H22Cl2N4O3S/c1-3-25-21(31)27-19(29)13(2)32-22-26-18-7-5-4-6-16(18)20(30)28(22)11-10-14-8-9-15(23)12-17(14)24/h4-9,12-13H,3,10-11H2,1-2H3,(H2,25,27,29,31). The zero-order valence-electron chi connectivity index (χ0n) is 17.5. The van der Waals surface area contributed by atoms with Crippen molar-refractivity contribution in [2.75, 3.05) is 6.54 Å². The third-order valence-electron chi connectivity index (χ3n) is 4.67. The molecule has 3 amide bonds. The lowest BCUT2D eigenvalue weighted by Gasteiger charge is -2.16. The number of imide groups is 1. The molecule has 1 atom stereocenters. The molecule has 2 aromatic carbocycles. The van der Waals surface area contributed by atoms with E-state index in [4.69, 9.17) is 23.2 Å². The van der Waals surface area contributed by atoms with E-state index in [0.717, 1.165) is 17.3 Å². The third-order valence-corrected chi connectivity index (χ3v) is 6.35. The van der Waals surface area contributed by atoms with Gasteiger partial charge in [-0.2, -0.15) is 0 Å². The Kier molecular flexibility index (Phi) is 8.17. The zero-order valence-corrected chi connectivity index (χ0v) is 19.9. The number of urea groups is 1. The van der Waals surface area contributed by atoms with Crippen LogP contribution in [0.3, 0.4) is 0 Å². The van der Waals surface area contributed by atoms with E-state index in [2.05, 4.69) is 15.6 Å². The van der Waals surface area contributed by atoms with E-state index in [0.29, 0.717) is 45.6 Å². The van der Waals surface area contributed by atoms with Gasteiger partial charge in [0.05, 0.1) is 16.2 Å². The summed E-state index contributed by atoms with van der Waals surface area (Å²) in [7, 11) is 0. The summed E-state index contributed by atoms with van der Waals surface area (Å²) in [6.07, 6.45) is 0.475. The van der Waals surface area contributed by atoms with E-state index < -0.39 is 17.2 Å². The summed E-state index contributed by atoms with van der Waals surface area (Å²) < 4.78 is 1.54. The Labute approximate surface area is 199 Å². The number of benzene rings is 2. The molecule has 168 valence electrons. The molecule has 1 heterocycles. The molecule has 0 bridgehead atoms. The van der Waals surface area contributed by atoms with Crippen LogP contribution < -0.4 is 16.2 Å². The maximum absolute atomic E-state index is 13.2. The van der Waals surface area contributed by atoms with Gasteiger partial charge in [-0.3, -0.25) is 19.5 Å². The van der Waals surface area contributed by atoms with Gasteiger partial charge in [0, 0.05) is 23.1 Å². The summed E-state index contributed by atoms with van der Waals surface area (Å²) in [6, 6.07) is 11.7. The summed E-state index contributed by atoms with van der Waals surface area (Å²) in [5, 5.41) is 6.07. The highest BCUT2D eigenvalue weighted by Gasteiger charge is 2.21. The Balaban J connectivity index is 1.91. The van der Waals surface area contributed by atoms with Gasteiger partial charge in [-0.15, -0.1) is 0 Å². The summed E-state index contributed by atoms with van der Waals surface area (Å²) in [4.78, 5) is 41.9. The second kappa shape index (κ2) is 10.8. The molecule has 1 unspecified atom stereocenters. The van der Waals surface area contributed by atoms with Gasteiger partial charge in [-0.25, -0.2) is 9.78 Å². The molecule has 0 spiro atoms. The number of nitrogens with one attached hydrogen (secondary N) is 2. The fraction of sp³-hybridized carbons (Fsp3) is 0.273. The minimum absolute atomic E-state index is 0.209. The molecular formula is C22H22Cl2N4O3S. The molecule has 3 aromatic rings. The first kappa shape index (κ1) is 24.1. The van der Waals surface area contributed by atoms with E-state index in [-0.39, 0.29) is 5.56 Å². The highest BCUT2D eigenvalue weighted by molar-refractivity contribution is 8.00. The van der Waals surface area contributed by atoms with Crippen LogP contribution >= 0.6 is 35.0 Å². The normalized spacial score (nSPS) is 11.9. The number of thioether (sulfide) groups is 1. The number of hydrogen-bond acceptors (Lipinski definition) is 5. The number of rotatable bonds is 7. The van der Waals surface area contributed by atoms with Gasteiger partial charge in [0.25, 0.3) is 5.56 Å². The van der Waals surface area contributed by atoms with Gasteiger partial charge in [0.2, 0.25) is 5.91 Å². The largest absolute Gasteiger partial charge is 0.338 e. The van der Waals surface area contributed by atoms with Crippen molar-refractivity contribution in [1.29, 1.82) is 0 Å². The zero-order chi connectivity index (χ0) is 23.3. The van der Waals surface area contributed by atoms with Crippen LogP contribution in [0.2, 0.25) is 10.0 Å². The Morgan fingerprint density at radius 1 is 1.19 bits per heavy atom. The van der Waals surface area contributed by atoms with Gasteiger partial charge in [-0.05, 0) is 50.1 Å². The van der Waals surface area contributed by atoms with E-state index in [9.17, 15) is 14.4 Å². The summed E-state index contributed by atoms with van der Waals surface area (Å²) in [5.74, 6) is -0.476. The van der Waals surface area contributed by atoms with Crippen molar-refractivity contribution in [2.24, 2.45) is 0 Å². The average molecular weight is 493 g/mol. The molecule has 32 heavy (non-hydrogen) atoms. The first-order chi connectivity index (χ1) is 15.3. The van der Waals surface area contributed by atoms with Crippen molar-refractivity contribution < 1.29 is 9.59 Å². The number of amides is 3. The van der Waals surface area contributed by atoms with E-state index >= 15 is 0 Å². The third kappa shape index (κ3) is 5.82. The predicted molar refractivity (Wildman–Crippen MR) is 129 cm³/mol. The number of para-hydroxylation sites is 1. The molecular weight excluding hydrogens is 471 g/mol. The molecule has 0 fully saturated rings. The fourth-order valence-corrected chi connectivity index (χ4v) is 4.46. The number of carbonyl (C=O) groups is 2. The van der Waals surface area contributed by atoms with Crippen LogP contribution in [0.25, 0.3) is 10.9 Å². The minimum atomic E-state index is -0.656. The molecule has 0 aliphatic heterocycles. The smallest absolute Gasteiger partial charge is 0.321 e. The second-order valence-electron chi connectivity index (χ2n) is 6.96. The number of aryl methyl sites for hydroxylation is 1. The van der Waals surface area contributed by atoms with Crippen molar-refractivity contribution in [2.45, 2.75) is 37.2 Å². The average Bonchev–Trinajstić information content (AvgIpc) is 2.74. The highest BCUT2D eigenvalue weighted by atomic mass is 35.5. The topological polar surface area (TPSA) is 93.1 Å². The number of halogens is 2. The van der Waals surface area contributed by atoms with Crippen LogP contribution in [0.1, 0.15) is 19.4 Å².